The minimum absolute atomic E-state index is 0.252. The van der Waals surface area contributed by atoms with Crippen molar-refractivity contribution in [2.45, 2.75) is 38.4 Å². The number of hydrogen-bond donors (Lipinski definition) is 2. The molecule has 1 aliphatic carbocycles. The molecular formula is C13H25NO3. The average Bonchev–Trinajstić information content (AvgIpc) is 2.81. The van der Waals surface area contributed by atoms with Gasteiger partial charge in [0.05, 0.1) is 25.4 Å². The maximum atomic E-state index is 9.69. The first-order valence-corrected chi connectivity index (χ1v) is 6.84. The molecule has 100 valence electrons. The van der Waals surface area contributed by atoms with E-state index in [0.717, 1.165) is 37.8 Å². The Morgan fingerprint density at radius 3 is 3.00 bits per heavy atom. The summed E-state index contributed by atoms with van der Waals surface area (Å²) in [6, 6.07) is 0. The Morgan fingerprint density at radius 2 is 2.35 bits per heavy atom. The van der Waals surface area contributed by atoms with Crippen LogP contribution in [0.25, 0.3) is 0 Å². The Morgan fingerprint density at radius 1 is 1.53 bits per heavy atom. The molecule has 2 N–H and O–H groups in total. The molecule has 1 saturated heterocycles. The van der Waals surface area contributed by atoms with Gasteiger partial charge in [-0.3, -0.25) is 0 Å². The highest BCUT2D eigenvalue weighted by Gasteiger charge is 2.31. The Labute approximate surface area is 104 Å². The number of rotatable bonds is 8. The van der Waals surface area contributed by atoms with E-state index in [1.54, 1.807) is 0 Å². The molecule has 2 rings (SSSR count). The molecule has 0 amide bonds. The molecule has 1 aliphatic heterocycles. The highest BCUT2D eigenvalue weighted by atomic mass is 16.5. The predicted octanol–water partition coefficient (Wildman–Crippen LogP) is 0.788. The summed E-state index contributed by atoms with van der Waals surface area (Å²) in [4.78, 5) is 0. The Hall–Kier alpha value is -0.160. The van der Waals surface area contributed by atoms with E-state index in [0.29, 0.717) is 19.8 Å². The molecule has 17 heavy (non-hydrogen) atoms. The molecule has 0 aromatic rings. The molecule has 1 heterocycles. The molecule has 2 fully saturated rings. The summed E-state index contributed by atoms with van der Waals surface area (Å²) < 4.78 is 10.9. The molecule has 0 aromatic heterocycles. The summed E-state index contributed by atoms with van der Waals surface area (Å²) in [5.74, 6) is 1.70. The Bertz CT molecular complexity index is 219. The molecule has 4 heteroatoms. The molecular weight excluding hydrogens is 218 g/mol. The summed E-state index contributed by atoms with van der Waals surface area (Å²) >= 11 is 0. The van der Waals surface area contributed by atoms with Crippen LogP contribution in [0.5, 0.6) is 0 Å². The summed E-state index contributed by atoms with van der Waals surface area (Å²) in [5.41, 5.74) is 0. The number of hydrogen-bond acceptors (Lipinski definition) is 4. The first-order chi connectivity index (χ1) is 8.25. The van der Waals surface area contributed by atoms with Crippen molar-refractivity contribution in [1.82, 2.24) is 5.32 Å². The van der Waals surface area contributed by atoms with E-state index in [4.69, 9.17) is 9.47 Å². The first-order valence-electron chi connectivity index (χ1n) is 6.84. The third-order valence-electron chi connectivity index (χ3n) is 3.70. The fourth-order valence-corrected chi connectivity index (χ4v) is 2.29. The van der Waals surface area contributed by atoms with Gasteiger partial charge in [0.15, 0.2) is 0 Å². The quantitative estimate of drug-likeness (QED) is 0.662. The zero-order valence-corrected chi connectivity index (χ0v) is 10.7. The van der Waals surface area contributed by atoms with Crippen LogP contribution < -0.4 is 5.32 Å². The van der Waals surface area contributed by atoms with Crippen LogP contribution in [0.3, 0.4) is 0 Å². The molecule has 1 saturated carbocycles. The van der Waals surface area contributed by atoms with Crippen molar-refractivity contribution >= 4 is 0 Å². The third kappa shape index (κ3) is 4.92. The minimum Gasteiger partial charge on any atom is -0.389 e. The molecule has 2 aliphatic rings. The average molecular weight is 243 g/mol. The van der Waals surface area contributed by atoms with Crippen LogP contribution in [-0.2, 0) is 9.47 Å². The van der Waals surface area contributed by atoms with E-state index < -0.39 is 6.10 Å². The third-order valence-corrected chi connectivity index (χ3v) is 3.70. The van der Waals surface area contributed by atoms with Crippen molar-refractivity contribution in [2.75, 3.05) is 32.9 Å². The van der Waals surface area contributed by atoms with Crippen molar-refractivity contribution in [3.8, 4) is 0 Å². The van der Waals surface area contributed by atoms with Crippen molar-refractivity contribution in [2.24, 2.45) is 11.8 Å². The normalized spacial score (nSPS) is 33.9. The van der Waals surface area contributed by atoms with E-state index in [-0.39, 0.29) is 6.10 Å². The SMILES string of the molecule is CC1CC1CNCC(O)COCC1CCCO1. The van der Waals surface area contributed by atoms with Gasteiger partial charge in [0.2, 0.25) is 0 Å². The van der Waals surface area contributed by atoms with Crippen LogP contribution in [0, 0.1) is 11.8 Å². The van der Waals surface area contributed by atoms with Gasteiger partial charge >= 0.3 is 0 Å². The zero-order chi connectivity index (χ0) is 12.1. The van der Waals surface area contributed by atoms with E-state index in [1.165, 1.54) is 6.42 Å². The van der Waals surface area contributed by atoms with Crippen molar-refractivity contribution < 1.29 is 14.6 Å². The van der Waals surface area contributed by atoms with Crippen molar-refractivity contribution in [3.63, 3.8) is 0 Å². The van der Waals surface area contributed by atoms with Crippen LogP contribution in [0.15, 0.2) is 0 Å². The lowest BCUT2D eigenvalue weighted by molar-refractivity contribution is -0.0164. The van der Waals surface area contributed by atoms with Gasteiger partial charge in [-0.15, -0.1) is 0 Å². The summed E-state index contributed by atoms with van der Waals surface area (Å²) in [7, 11) is 0. The standard InChI is InChI=1S/C13H25NO3/c1-10-5-11(10)6-14-7-12(15)8-16-9-13-3-2-4-17-13/h10-15H,2-9H2,1H3. The lowest BCUT2D eigenvalue weighted by atomic mass is 10.2. The second-order valence-electron chi connectivity index (χ2n) is 5.46. The number of nitrogens with one attached hydrogen (secondary N) is 1. The molecule has 0 spiro atoms. The monoisotopic (exact) mass is 243 g/mol. The lowest BCUT2D eigenvalue weighted by Gasteiger charge is -2.14. The van der Waals surface area contributed by atoms with Gasteiger partial charge in [0, 0.05) is 13.2 Å². The van der Waals surface area contributed by atoms with Crippen LogP contribution >= 0.6 is 0 Å². The molecule has 0 bridgehead atoms. The van der Waals surface area contributed by atoms with E-state index in [1.807, 2.05) is 0 Å². The topological polar surface area (TPSA) is 50.7 Å². The zero-order valence-electron chi connectivity index (χ0n) is 10.7. The molecule has 4 unspecified atom stereocenters. The molecule has 4 nitrogen and oxygen atoms in total. The number of aliphatic hydroxyl groups excluding tert-OH is 1. The van der Waals surface area contributed by atoms with E-state index in [9.17, 15) is 5.11 Å². The maximum Gasteiger partial charge on any atom is 0.0897 e. The highest BCUT2D eigenvalue weighted by molar-refractivity contribution is 4.84. The predicted molar refractivity (Wildman–Crippen MR) is 65.9 cm³/mol. The van der Waals surface area contributed by atoms with Crippen molar-refractivity contribution in [3.05, 3.63) is 0 Å². The van der Waals surface area contributed by atoms with Crippen LogP contribution in [0.2, 0.25) is 0 Å². The molecule has 0 radical (unpaired) electrons. The lowest BCUT2D eigenvalue weighted by Crippen LogP contribution is -2.32. The van der Waals surface area contributed by atoms with Crippen molar-refractivity contribution in [1.29, 1.82) is 0 Å². The van der Waals surface area contributed by atoms with Gasteiger partial charge in [-0.05, 0) is 37.6 Å². The Balaban J connectivity index is 1.41. The minimum atomic E-state index is -0.398. The van der Waals surface area contributed by atoms with Gasteiger partial charge in [-0.25, -0.2) is 0 Å². The second-order valence-corrected chi connectivity index (χ2v) is 5.46. The van der Waals surface area contributed by atoms with Gasteiger partial charge in [-0.1, -0.05) is 6.92 Å². The van der Waals surface area contributed by atoms with E-state index in [2.05, 4.69) is 12.2 Å². The van der Waals surface area contributed by atoms with Gasteiger partial charge in [0.25, 0.3) is 0 Å². The molecule has 4 atom stereocenters. The maximum absolute atomic E-state index is 9.69. The van der Waals surface area contributed by atoms with Gasteiger partial charge < -0.3 is 19.9 Å². The number of ether oxygens (including phenoxy) is 2. The van der Waals surface area contributed by atoms with Crippen LogP contribution in [0.4, 0.5) is 0 Å². The summed E-state index contributed by atoms with van der Waals surface area (Å²) in [6.45, 7) is 5.83. The fourth-order valence-electron chi connectivity index (χ4n) is 2.29. The van der Waals surface area contributed by atoms with Gasteiger partial charge in [0.1, 0.15) is 0 Å². The number of aliphatic hydroxyl groups is 1. The highest BCUT2D eigenvalue weighted by Crippen LogP contribution is 2.36. The van der Waals surface area contributed by atoms with E-state index >= 15 is 0 Å². The van der Waals surface area contributed by atoms with Gasteiger partial charge in [-0.2, -0.15) is 0 Å². The Kier molecular flexibility index (Phi) is 5.22. The fraction of sp³-hybridized carbons (Fsp3) is 1.00. The van der Waals surface area contributed by atoms with Crippen LogP contribution in [0.1, 0.15) is 26.2 Å². The smallest absolute Gasteiger partial charge is 0.0897 e. The molecule has 0 aromatic carbocycles. The first kappa shape index (κ1) is 13.3. The second kappa shape index (κ2) is 6.69. The summed E-state index contributed by atoms with van der Waals surface area (Å²) in [6.07, 6.45) is 3.41. The van der Waals surface area contributed by atoms with Crippen LogP contribution in [-0.4, -0.2) is 50.2 Å². The summed E-state index contributed by atoms with van der Waals surface area (Å²) in [5, 5.41) is 13.0. The largest absolute Gasteiger partial charge is 0.389 e.